The van der Waals surface area contributed by atoms with Gasteiger partial charge in [0.1, 0.15) is 23.6 Å². The molecule has 1 fully saturated rings. The van der Waals surface area contributed by atoms with Gasteiger partial charge in [-0.1, -0.05) is 48.5 Å². The van der Waals surface area contributed by atoms with Crippen LogP contribution >= 0.6 is 12.4 Å². The minimum atomic E-state index is -0.0468. The summed E-state index contributed by atoms with van der Waals surface area (Å²) in [5.74, 6) is 1.45. The number of methoxy groups -OCH3 is 1. The van der Waals surface area contributed by atoms with Crippen LogP contribution in [-0.2, 0) is 11.3 Å². The lowest BCUT2D eigenvalue weighted by Gasteiger charge is -2.45. The molecule has 4 aromatic rings. The number of carbonyl (C=O) groups excluding carboxylic acids is 1. The molecule has 1 unspecified atom stereocenters. The summed E-state index contributed by atoms with van der Waals surface area (Å²) in [5, 5.41) is 2.74. The molecule has 0 spiro atoms. The third-order valence-corrected chi connectivity index (χ3v) is 7.73. The van der Waals surface area contributed by atoms with Crippen LogP contribution in [0.3, 0.4) is 0 Å². The number of para-hydroxylation sites is 3. The number of quaternary nitrogens is 1. The molecule has 0 saturated carbocycles. The number of anilines is 1. The maximum absolute atomic E-state index is 13.3. The van der Waals surface area contributed by atoms with E-state index in [2.05, 4.69) is 16.0 Å². The summed E-state index contributed by atoms with van der Waals surface area (Å²) in [5.41, 5.74) is 3.83. The van der Waals surface area contributed by atoms with Crippen LogP contribution in [0.4, 0.5) is 5.69 Å². The number of carbonyl (C=O) groups is 1. The molecule has 1 amide bonds. The molecule has 8 nitrogen and oxygen atoms in total. The van der Waals surface area contributed by atoms with Crippen molar-refractivity contribution >= 4 is 35.0 Å². The van der Waals surface area contributed by atoms with E-state index in [0.29, 0.717) is 41.9 Å². The third-order valence-electron chi connectivity index (χ3n) is 7.73. The van der Waals surface area contributed by atoms with Crippen LogP contribution in [0.2, 0.25) is 0 Å². The van der Waals surface area contributed by atoms with E-state index in [4.69, 9.17) is 9.15 Å². The van der Waals surface area contributed by atoms with Crippen LogP contribution in [0.1, 0.15) is 18.1 Å². The maximum Gasteiger partial charge on any atom is 0.329 e. The van der Waals surface area contributed by atoms with Gasteiger partial charge in [-0.3, -0.25) is 4.79 Å². The Bertz CT molecular complexity index is 1530. The van der Waals surface area contributed by atoms with Crippen molar-refractivity contribution in [2.24, 2.45) is 0 Å². The van der Waals surface area contributed by atoms with E-state index in [1.54, 1.807) is 27.0 Å². The number of nitrogens with zero attached hydrogens (tertiary/aromatic N) is 3. The van der Waals surface area contributed by atoms with Crippen molar-refractivity contribution in [3.05, 3.63) is 94.1 Å². The molecule has 3 aromatic carbocycles. The molecule has 1 aliphatic rings. The van der Waals surface area contributed by atoms with Crippen LogP contribution in [0.25, 0.3) is 22.3 Å². The van der Waals surface area contributed by atoms with Crippen molar-refractivity contribution in [2.75, 3.05) is 45.2 Å². The van der Waals surface area contributed by atoms with E-state index in [1.165, 1.54) is 0 Å². The van der Waals surface area contributed by atoms with E-state index >= 15 is 0 Å². The van der Waals surface area contributed by atoms with E-state index in [0.717, 1.165) is 35.7 Å². The molecule has 0 bridgehead atoms. The fourth-order valence-electron chi connectivity index (χ4n) is 5.37. The van der Waals surface area contributed by atoms with Gasteiger partial charge in [-0.05, 0) is 31.2 Å². The van der Waals surface area contributed by atoms with Crippen molar-refractivity contribution in [1.29, 1.82) is 0 Å². The fourth-order valence-corrected chi connectivity index (χ4v) is 5.37. The molecule has 0 radical (unpaired) electrons. The number of fused-ring (bicyclic) bond motifs is 1. The Labute approximate surface area is 240 Å². The summed E-state index contributed by atoms with van der Waals surface area (Å²) in [6.07, 6.45) is 0. The number of ether oxygens (including phenoxy) is 1. The third kappa shape index (κ3) is 5.62. The Morgan fingerprint density at radius 2 is 1.60 bits per heavy atom. The fraction of sp³-hybridized carbons (Fsp3) is 0.290. The van der Waals surface area contributed by atoms with Crippen LogP contribution in [0.5, 0.6) is 5.75 Å². The summed E-state index contributed by atoms with van der Waals surface area (Å²) in [6, 6.07) is 23.3. The molecule has 1 aliphatic heterocycles. The minimum absolute atomic E-state index is 0. The van der Waals surface area contributed by atoms with Crippen LogP contribution < -0.4 is 15.1 Å². The second-order valence-electron chi connectivity index (χ2n) is 9.97. The molecule has 0 aliphatic carbocycles. The number of amides is 1. The Morgan fingerprint density at radius 3 is 2.25 bits per heavy atom. The zero-order valence-corrected chi connectivity index (χ0v) is 24.2. The number of piperazine rings is 1. The van der Waals surface area contributed by atoms with Gasteiger partial charge in [0.05, 0.1) is 50.8 Å². The Morgan fingerprint density at radius 1 is 0.950 bits per heavy atom. The first-order chi connectivity index (χ1) is 18.3. The van der Waals surface area contributed by atoms with Gasteiger partial charge in [0.15, 0.2) is 5.43 Å². The highest BCUT2D eigenvalue weighted by atomic mass is 35.5. The average molecular weight is 567 g/mol. The predicted octanol–water partition coefficient (Wildman–Crippen LogP) is 4.60. The second-order valence-corrected chi connectivity index (χ2v) is 9.97. The SMILES string of the molecule is COc1ccccc1N1CCN([N+](C)(Cc2cccc3c(=O)c(C)c(-c4ccccc4)oc23)C(C)=O)CC1.Cl.O. The molecule has 1 saturated heterocycles. The normalized spacial score (nSPS) is 15.1. The molecule has 1 atom stereocenters. The van der Waals surface area contributed by atoms with Gasteiger partial charge in [0.2, 0.25) is 0 Å². The number of hydrogen-bond acceptors (Lipinski definition) is 6. The van der Waals surface area contributed by atoms with Gasteiger partial charge in [0, 0.05) is 24.2 Å². The molecule has 2 heterocycles. The van der Waals surface area contributed by atoms with Crippen molar-refractivity contribution in [1.82, 2.24) is 5.01 Å². The minimum Gasteiger partial charge on any atom is -0.495 e. The van der Waals surface area contributed by atoms with Crippen molar-refractivity contribution < 1.29 is 24.0 Å². The quantitative estimate of drug-likeness (QED) is 0.317. The number of rotatable bonds is 6. The van der Waals surface area contributed by atoms with Gasteiger partial charge in [0.25, 0.3) is 0 Å². The molecule has 2 N–H and O–H groups in total. The van der Waals surface area contributed by atoms with Gasteiger partial charge in [-0.2, -0.15) is 4.59 Å². The van der Waals surface area contributed by atoms with E-state index in [9.17, 15) is 9.59 Å². The van der Waals surface area contributed by atoms with Gasteiger partial charge >= 0.3 is 5.91 Å². The number of benzene rings is 3. The largest absolute Gasteiger partial charge is 0.495 e. The highest BCUT2D eigenvalue weighted by Crippen LogP contribution is 2.32. The first kappa shape index (κ1) is 30.8. The zero-order chi connectivity index (χ0) is 26.9. The van der Waals surface area contributed by atoms with Gasteiger partial charge in [-0.25, -0.2) is 4.79 Å². The Kier molecular flexibility index (Phi) is 9.76. The lowest BCUT2D eigenvalue weighted by atomic mass is 10.0. The maximum atomic E-state index is 13.3. The number of hydrogen-bond donors (Lipinski definition) is 0. The topological polar surface area (TPSA) is 94.5 Å². The number of halogens is 1. The van der Waals surface area contributed by atoms with E-state index in [-0.39, 0.29) is 33.8 Å². The van der Waals surface area contributed by atoms with Gasteiger partial charge in [-0.15, -0.1) is 17.4 Å². The smallest absolute Gasteiger partial charge is 0.329 e. The lowest BCUT2D eigenvalue weighted by Crippen LogP contribution is -2.64. The molecular formula is C31H37ClN3O5+. The summed E-state index contributed by atoms with van der Waals surface area (Å²) in [7, 11) is 3.64. The lowest BCUT2D eigenvalue weighted by molar-refractivity contribution is -0.964. The van der Waals surface area contributed by atoms with Crippen molar-refractivity contribution in [2.45, 2.75) is 20.4 Å². The first-order valence-electron chi connectivity index (χ1n) is 12.9. The standard InChI is InChI=1S/C31H34N3O4.ClH.H2O/c1-22-29(36)26-14-10-13-25(31(26)38-30(22)24-11-6-5-7-12-24)21-34(3,23(2)35)33-19-17-32(18-20-33)27-15-8-9-16-28(27)37-4;;/h5-16H,17-21H2,1-4H3;1H;1H2/q+1;;. The first-order valence-corrected chi connectivity index (χ1v) is 12.9. The van der Waals surface area contributed by atoms with Crippen LogP contribution in [0, 0.1) is 6.92 Å². The Hall–Kier alpha value is -3.69. The van der Waals surface area contributed by atoms with E-state index in [1.807, 2.05) is 67.7 Å². The molecule has 9 heteroatoms. The van der Waals surface area contributed by atoms with Crippen molar-refractivity contribution in [3.8, 4) is 17.1 Å². The van der Waals surface area contributed by atoms with Gasteiger partial charge < -0.3 is 19.5 Å². The summed E-state index contributed by atoms with van der Waals surface area (Å²) < 4.78 is 12.1. The molecule has 1 aromatic heterocycles. The van der Waals surface area contributed by atoms with Crippen molar-refractivity contribution in [3.63, 3.8) is 0 Å². The van der Waals surface area contributed by atoms with Crippen LogP contribution in [-0.4, -0.2) is 61.3 Å². The predicted molar refractivity (Wildman–Crippen MR) is 161 cm³/mol. The summed E-state index contributed by atoms with van der Waals surface area (Å²) >= 11 is 0. The Balaban J connectivity index is 0.00000220. The highest BCUT2D eigenvalue weighted by molar-refractivity contribution is 5.85. The molecule has 212 valence electrons. The molecular weight excluding hydrogens is 530 g/mol. The molecule has 5 rings (SSSR count). The van der Waals surface area contributed by atoms with E-state index < -0.39 is 0 Å². The highest BCUT2D eigenvalue weighted by Gasteiger charge is 2.39. The summed E-state index contributed by atoms with van der Waals surface area (Å²) in [6.45, 7) is 6.77. The van der Waals surface area contributed by atoms with Crippen LogP contribution in [0.15, 0.2) is 82.0 Å². The monoisotopic (exact) mass is 566 g/mol. The molecule has 40 heavy (non-hydrogen) atoms. The second kappa shape index (κ2) is 12.7. The average Bonchev–Trinajstić information content (AvgIpc) is 2.95. The summed E-state index contributed by atoms with van der Waals surface area (Å²) in [4.78, 5) is 28.8. The zero-order valence-electron chi connectivity index (χ0n) is 23.3.